The maximum Gasteiger partial charge on any atom is 0.139 e. The van der Waals surface area contributed by atoms with Crippen molar-refractivity contribution in [3.8, 4) is 0 Å². The molecule has 0 N–H and O–H groups in total. The van der Waals surface area contributed by atoms with Gasteiger partial charge in [-0.3, -0.25) is 4.79 Å². The van der Waals surface area contributed by atoms with E-state index in [1.807, 2.05) is 0 Å². The Morgan fingerprint density at radius 2 is 2.00 bits per heavy atom. The standard InChI is InChI=1S/C20H29ClO/c1-12-10-13-4-5-14-15-6-7-18(22)19(15,2)9-8-16(14)20(13,3)17(21)11-12/h4,12,14-17H,5-11H2,1-3H3/t12-,14+,15+,16+,17+,19+,20+/m1/s1. The van der Waals surface area contributed by atoms with Gasteiger partial charge in [0.15, 0.2) is 0 Å². The van der Waals surface area contributed by atoms with E-state index in [9.17, 15) is 4.79 Å². The van der Waals surface area contributed by atoms with Gasteiger partial charge < -0.3 is 0 Å². The third-order valence-corrected chi connectivity index (χ3v) is 8.70. The summed E-state index contributed by atoms with van der Waals surface area (Å²) in [5.74, 6) is 3.26. The van der Waals surface area contributed by atoms with E-state index >= 15 is 0 Å². The van der Waals surface area contributed by atoms with Crippen molar-refractivity contribution in [1.82, 2.24) is 0 Å². The maximum absolute atomic E-state index is 12.4. The molecule has 22 heavy (non-hydrogen) atoms. The zero-order chi connectivity index (χ0) is 15.7. The average molecular weight is 321 g/mol. The number of carbonyl (C=O) groups excluding carboxylic acids is 1. The molecule has 3 saturated carbocycles. The van der Waals surface area contributed by atoms with E-state index in [-0.39, 0.29) is 16.2 Å². The summed E-state index contributed by atoms with van der Waals surface area (Å²) in [5.41, 5.74) is 1.80. The second kappa shape index (κ2) is 4.85. The molecule has 4 aliphatic carbocycles. The number of halogens is 1. The normalized spacial score (nSPS) is 54.3. The molecule has 7 atom stereocenters. The molecule has 0 amide bonds. The van der Waals surface area contributed by atoms with Gasteiger partial charge in [0.05, 0.1) is 0 Å². The number of rotatable bonds is 0. The van der Waals surface area contributed by atoms with Crippen molar-refractivity contribution >= 4 is 17.4 Å². The summed E-state index contributed by atoms with van der Waals surface area (Å²) in [7, 11) is 0. The maximum atomic E-state index is 12.4. The zero-order valence-corrected chi connectivity index (χ0v) is 15.0. The molecule has 0 bridgehead atoms. The topological polar surface area (TPSA) is 17.1 Å². The van der Waals surface area contributed by atoms with Crippen LogP contribution in [0.3, 0.4) is 0 Å². The Hall–Kier alpha value is -0.300. The van der Waals surface area contributed by atoms with Gasteiger partial charge in [0.2, 0.25) is 0 Å². The van der Waals surface area contributed by atoms with E-state index < -0.39 is 0 Å². The molecule has 0 aromatic carbocycles. The lowest BCUT2D eigenvalue weighted by atomic mass is 9.47. The third-order valence-electron chi connectivity index (χ3n) is 8.07. The minimum absolute atomic E-state index is 0.0212. The molecule has 0 aromatic rings. The number of carbonyl (C=O) groups is 1. The Bertz CT molecular complexity index is 538. The molecule has 0 radical (unpaired) electrons. The van der Waals surface area contributed by atoms with E-state index in [0.29, 0.717) is 23.5 Å². The first-order valence-corrected chi connectivity index (χ1v) is 9.68. The molecule has 2 heteroatoms. The molecule has 0 aliphatic heterocycles. The SMILES string of the molecule is C[C@@H]1CC2=CC[C@@H]3[C@H](CC[C@]4(C)C(=O)CC[C@@H]34)[C@@]2(C)[C@@H](Cl)C1. The predicted molar refractivity (Wildman–Crippen MR) is 90.9 cm³/mol. The van der Waals surface area contributed by atoms with Crippen LogP contribution in [0.25, 0.3) is 0 Å². The molecule has 0 spiro atoms. The summed E-state index contributed by atoms with van der Waals surface area (Å²) in [5, 5.41) is 0.275. The van der Waals surface area contributed by atoms with Crippen LogP contribution in [0.5, 0.6) is 0 Å². The second-order valence-corrected chi connectivity index (χ2v) is 9.58. The lowest BCUT2D eigenvalue weighted by Crippen LogP contribution is -2.53. The summed E-state index contributed by atoms with van der Waals surface area (Å²) < 4.78 is 0. The molecule has 0 aromatic heterocycles. The first-order chi connectivity index (χ1) is 10.4. The quantitative estimate of drug-likeness (QED) is 0.433. The fourth-order valence-electron chi connectivity index (χ4n) is 6.66. The van der Waals surface area contributed by atoms with Crippen molar-refractivity contribution in [1.29, 1.82) is 0 Å². The van der Waals surface area contributed by atoms with Crippen molar-refractivity contribution in [2.24, 2.45) is 34.5 Å². The number of Topliss-reactive ketones (excluding diaryl/α,β-unsaturated/α-hetero) is 1. The van der Waals surface area contributed by atoms with Gasteiger partial charge in [-0.15, -0.1) is 11.6 Å². The molecule has 1 nitrogen and oxygen atoms in total. The molecule has 0 unspecified atom stereocenters. The molecule has 122 valence electrons. The van der Waals surface area contributed by atoms with Crippen LogP contribution in [0.2, 0.25) is 0 Å². The van der Waals surface area contributed by atoms with Crippen LogP contribution >= 0.6 is 11.6 Å². The van der Waals surface area contributed by atoms with Crippen LogP contribution in [0.4, 0.5) is 0 Å². The minimum Gasteiger partial charge on any atom is -0.299 e. The Morgan fingerprint density at radius 1 is 1.23 bits per heavy atom. The molecule has 4 rings (SSSR count). The summed E-state index contributed by atoms with van der Waals surface area (Å²) >= 11 is 6.94. The molecule has 0 saturated heterocycles. The highest BCUT2D eigenvalue weighted by Gasteiger charge is 2.60. The molecule has 0 heterocycles. The molecular formula is C20H29ClO. The van der Waals surface area contributed by atoms with Gasteiger partial charge in [-0.05, 0) is 62.2 Å². The van der Waals surface area contributed by atoms with Crippen molar-refractivity contribution in [2.45, 2.75) is 71.1 Å². The van der Waals surface area contributed by atoms with Gasteiger partial charge in [-0.25, -0.2) is 0 Å². The van der Waals surface area contributed by atoms with Gasteiger partial charge in [0.25, 0.3) is 0 Å². The third kappa shape index (κ3) is 1.81. The van der Waals surface area contributed by atoms with E-state index in [2.05, 4.69) is 26.8 Å². The first-order valence-electron chi connectivity index (χ1n) is 9.24. The highest BCUT2D eigenvalue weighted by atomic mass is 35.5. The molecular weight excluding hydrogens is 292 g/mol. The van der Waals surface area contributed by atoms with E-state index in [1.165, 1.54) is 19.3 Å². The zero-order valence-electron chi connectivity index (χ0n) is 14.2. The summed E-state index contributed by atoms with van der Waals surface area (Å²) in [6.07, 6.45) is 10.4. The summed E-state index contributed by atoms with van der Waals surface area (Å²) in [6, 6.07) is 0. The van der Waals surface area contributed by atoms with Gasteiger partial charge in [0.1, 0.15) is 5.78 Å². The monoisotopic (exact) mass is 320 g/mol. The van der Waals surface area contributed by atoms with Crippen molar-refractivity contribution in [3.63, 3.8) is 0 Å². The Labute approximate surface area is 139 Å². The summed E-state index contributed by atoms with van der Waals surface area (Å²) in [4.78, 5) is 12.4. The highest BCUT2D eigenvalue weighted by molar-refractivity contribution is 6.21. The van der Waals surface area contributed by atoms with Crippen molar-refractivity contribution in [3.05, 3.63) is 11.6 Å². The van der Waals surface area contributed by atoms with E-state index in [1.54, 1.807) is 5.57 Å². The number of fused-ring (bicyclic) bond motifs is 5. The Morgan fingerprint density at radius 3 is 2.77 bits per heavy atom. The fraction of sp³-hybridized carbons (Fsp3) is 0.850. The van der Waals surface area contributed by atoms with Crippen molar-refractivity contribution < 1.29 is 4.79 Å². The van der Waals surface area contributed by atoms with Gasteiger partial charge in [-0.1, -0.05) is 32.4 Å². The average Bonchev–Trinajstić information content (AvgIpc) is 2.77. The highest BCUT2D eigenvalue weighted by Crippen LogP contribution is 2.65. The smallest absolute Gasteiger partial charge is 0.139 e. The predicted octanol–water partition coefficient (Wildman–Crippen LogP) is 5.37. The summed E-state index contributed by atoms with van der Waals surface area (Å²) in [6.45, 7) is 7.04. The molecule has 4 aliphatic rings. The lowest BCUT2D eigenvalue weighted by molar-refractivity contribution is -0.131. The van der Waals surface area contributed by atoms with Crippen LogP contribution in [0.1, 0.15) is 65.7 Å². The Kier molecular flexibility index (Phi) is 3.36. The van der Waals surface area contributed by atoms with E-state index in [4.69, 9.17) is 11.6 Å². The van der Waals surface area contributed by atoms with Gasteiger partial charge >= 0.3 is 0 Å². The van der Waals surface area contributed by atoms with Crippen LogP contribution in [0, 0.1) is 34.5 Å². The van der Waals surface area contributed by atoms with Gasteiger partial charge in [0, 0.05) is 22.6 Å². The van der Waals surface area contributed by atoms with Crippen LogP contribution in [0.15, 0.2) is 11.6 Å². The van der Waals surface area contributed by atoms with Crippen molar-refractivity contribution in [2.75, 3.05) is 0 Å². The van der Waals surface area contributed by atoms with Gasteiger partial charge in [-0.2, -0.15) is 0 Å². The second-order valence-electron chi connectivity index (χ2n) is 9.06. The largest absolute Gasteiger partial charge is 0.299 e. The number of hydrogen-bond donors (Lipinski definition) is 0. The fourth-order valence-corrected chi connectivity index (χ4v) is 7.27. The van der Waals surface area contributed by atoms with Crippen LogP contribution < -0.4 is 0 Å². The number of ketones is 1. The van der Waals surface area contributed by atoms with E-state index in [0.717, 1.165) is 31.6 Å². The first kappa shape index (κ1) is 15.2. The number of hydrogen-bond acceptors (Lipinski definition) is 1. The number of alkyl halides is 1. The van der Waals surface area contributed by atoms with Crippen LogP contribution in [-0.2, 0) is 4.79 Å². The van der Waals surface area contributed by atoms with Crippen LogP contribution in [-0.4, -0.2) is 11.2 Å². The number of allylic oxidation sites excluding steroid dienone is 2. The Balaban J connectivity index is 1.72. The molecule has 3 fully saturated rings. The minimum atomic E-state index is -0.0212. The lowest BCUT2D eigenvalue weighted by Gasteiger charge is -2.58.